The van der Waals surface area contributed by atoms with Crippen molar-refractivity contribution in [2.24, 2.45) is 0 Å². The zero-order valence-electron chi connectivity index (χ0n) is 9.46. The Kier molecular flexibility index (Phi) is 4.18. The minimum absolute atomic E-state index is 0.290. The average Bonchev–Trinajstić information content (AvgIpc) is 2.24. The minimum Gasteiger partial charge on any atom is -0.495 e. The Balaban J connectivity index is 3.35. The molecular weight excluding hydrogens is 274 g/mol. The number of anilines is 1. The van der Waals surface area contributed by atoms with E-state index in [1.165, 1.54) is 7.11 Å². The Hall–Kier alpha value is -1.23. The van der Waals surface area contributed by atoms with Crippen LogP contribution in [0.2, 0.25) is 0 Å². The van der Waals surface area contributed by atoms with Gasteiger partial charge in [-0.05, 0) is 41.4 Å². The molecule has 0 atom stereocenters. The van der Waals surface area contributed by atoms with E-state index in [0.717, 1.165) is 5.56 Å². The molecule has 1 aromatic rings. The first kappa shape index (κ1) is 12.8. The van der Waals surface area contributed by atoms with Gasteiger partial charge in [-0.3, -0.25) is 0 Å². The van der Waals surface area contributed by atoms with Gasteiger partial charge in [0.25, 0.3) is 0 Å². The maximum atomic E-state index is 11.7. The second-order valence-corrected chi connectivity index (χ2v) is 4.01. The van der Waals surface area contributed by atoms with Crippen LogP contribution in [0.3, 0.4) is 0 Å². The van der Waals surface area contributed by atoms with Gasteiger partial charge >= 0.3 is 5.97 Å². The molecule has 1 aromatic carbocycles. The van der Waals surface area contributed by atoms with Gasteiger partial charge < -0.3 is 15.2 Å². The summed E-state index contributed by atoms with van der Waals surface area (Å²) in [4.78, 5) is 11.7. The lowest BCUT2D eigenvalue weighted by Crippen LogP contribution is -2.11. The summed E-state index contributed by atoms with van der Waals surface area (Å²) in [6, 6.07) is 1.77. The number of hydrogen-bond donors (Lipinski definition) is 1. The molecule has 0 spiro atoms. The highest BCUT2D eigenvalue weighted by Gasteiger charge is 2.20. The van der Waals surface area contributed by atoms with Gasteiger partial charge in [0, 0.05) is 4.47 Å². The van der Waals surface area contributed by atoms with Gasteiger partial charge in [-0.25, -0.2) is 4.79 Å². The maximum Gasteiger partial charge on any atom is 0.341 e. The highest BCUT2D eigenvalue weighted by molar-refractivity contribution is 9.10. The van der Waals surface area contributed by atoms with Crippen LogP contribution in [0, 0.1) is 6.92 Å². The van der Waals surface area contributed by atoms with Gasteiger partial charge in [0.15, 0.2) is 0 Å². The topological polar surface area (TPSA) is 61.5 Å². The predicted octanol–water partition coefficient (Wildman–Crippen LogP) is 2.53. The summed E-state index contributed by atoms with van der Waals surface area (Å²) >= 11 is 3.33. The molecular formula is C11H14BrNO3. The van der Waals surface area contributed by atoms with E-state index >= 15 is 0 Å². The van der Waals surface area contributed by atoms with Crippen LogP contribution in [0.5, 0.6) is 5.75 Å². The molecule has 0 unspecified atom stereocenters. The number of carbonyl (C=O) groups excluding carboxylic acids is 1. The lowest BCUT2D eigenvalue weighted by molar-refractivity contribution is 0.0526. The number of esters is 1. The summed E-state index contributed by atoms with van der Waals surface area (Å²) in [6.45, 7) is 3.91. The van der Waals surface area contributed by atoms with Crippen molar-refractivity contribution in [3.63, 3.8) is 0 Å². The fraction of sp³-hybridized carbons (Fsp3) is 0.364. The Morgan fingerprint density at radius 1 is 1.56 bits per heavy atom. The molecule has 0 fully saturated rings. The molecule has 0 heterocycles. The second kappa shape index (κ2) is 5.21. The Morgan fingerprint density at radius 2 is 2.19 bits per heavy atom. The van der Waals surface area contributed by atoms with Crippen molar-refractivity contribution in [1.82, 2.24) is 0 Å². The van der Waals surface area contributed by atoms with E-state index in [-0.39, 0.29) is 0 Å². The van der Waals surface area contributed by atoms with Gasteiger partial charge in [-0.1, -0.05) is 0 Å². The molecule has 2 N–H and O–H groups in total. The molecule has 4 nitrogen and oxygen atoms in total. The van der Waals surface area contributed by atoms with Gasteiger partial charge in [0.2, 0.25) is 0 Å². The van der Waals surface area contributed by atoms with Crippen molar-refractivity contribution in [2.75, 3.05) is 19.5 Å². The smallest absolute Gasteiger partial charge is 0.341 e. The first-order valence-corrected chi connectivity index (χ1v) is 5.61. The molecule has 0 aromatic heterocycles. The van der Waals surface area contributed by atoms with Crippen molar-refractivity contribution in [1.29, 1.82) is 0 Å². The number of rotatable bonds is 3. The molecule has 16 heavy (non-hydrogen) atoms. The summed E-state index contributed by atoms with van der Waals surface area (Å²) in [5, 5.41) is 0. The summed E-state index contributed by atoms with van der Waals surface area (Å²) < 4.78 is 10.7. The molecule has 0 saturated carbocycles. The van der Waals surface area contributed by atoms with Crippen molar-refractivity contribution in [3.8, 4) is 5.75 Å². The third kappa shape index (κ3) is 2.29. The highest BCUT2D eigenvalue weighted by Crippen LogP contribution is 2.34. The normalized spacial score (nSPS) is 10.0. The van der Waals surface area contributed by atoms with Crippen molar-refractivity contribution < 1.29 is 14.3 Å². The average molecular weight is 288 g/mol. The van der Waals surface area contributed by atoms with Crippen LogP contribution in [-0.2, 0) is 4.74 Å². The molecule has 0 amide bonds. The van der Waals surface area contributed by atoms with Crippen molar-refractivity contribution in [3.05, 3.63) is 21.7 Å². The van der Waals surface area contributed by atoms with Crippen LogP contribution in [0.15, 0.2) is 10.5 Å². The van der Waals surface area contributed by atoms with Crippen molar-refractivity contribution >= 4 is 27.6 Å². The zero-order valence-corrected chi connectivity index (χ0v) is 11.1. The Morgan fingerprint density at radius 3 is 2.69 bits per heavy atom. The lowest BCUT2D eigenvalue weighted by Gasteiger charge is -2.13. The number of benzene rings is 1. The molecule has 5 heteroatoms. The number of nitrogen functional groups attached to an aromatic ring is 1. The molecule has 0 aliphatic rings. The van der Waals surface area contributed by atoms with Crippen LogP contribution in [0.4, 0.5) is 5.69 Å². The van der Waals surface area contributed by atoms with Gasteiger partial charge in [0.1, 0.15) is 11.3 Å². The third-order valence-electron chi connectivity index (χ3n) is 2.15. The standard InChI is InChI=1S/C11H14BrNO3/c1-4-16-11(14)8-9(12)6(2)5-7(15-3)10(8)13/h5H,4,13H2,1-3H3. The molecule has 0 aliphatic heterocycles. The molecule has 0 saturated heterocycles. The molecule has 0 radical (unpaired) electrons. The Labute approximate surface area is 103 Å². The maximum absolute atomic E-state index is 11.7. The van der Waals surface area contributed by atoms with E-state index in [1.807, 2.05) is 6.92 Å². The molecule has 0 bridgehead atoms. The Bertz CT molecular complexity index is 418. The first-order valence-electron chi connectivity index (χ1n) is 4.82. The van der Waals surface area contributed by atoms with E-state index in [0.29, 0.717) is 28.1 Å². The van der Waals surface area contributed by atoms with Crippen LogP contribution >= 0.6 is 15.9 Å². The number of nitrogens with two attached hydrogens (primary N) is 1. The summed E-state index contributed by atoms with van der Waals surface area (Å²) in [7, 11) is 1.51. The fourth-order valence-electron chi connectivity index (χ4n) is 1.35. The summed E-state index contributed by atoms with van der Waals surface area (Å²) in [5.74, 6) is 0.0256. The number of carbonyl (C=O) groups is 1. The number of halogens is 1. The number of hydrogen-bond acceptors (Lipinski definition) is 4. The molecule has 1 rings (SSSR count). The van der Waals surface area contributed by atoms with E-state index in [9.17, 15) is 4.79 Å². The van der Waals surface area contributed by atoms with E-state index < -0.39 is 5.97 Å². The van der Waals surface area contributed by atoms with E-state index in [4.69, 9.17) is 15.2 Å². The van der Waals surface area contributed by atoms with Crippen LogP contribution in [0.1, 0.15) is 22.8 Å². The predicted molar refractivity (Wildman–Crippen MR) is 65.8 cm³/mol. The summed E-state index contributed by atoms with van der Waals surface area (Å²) in [6.07, 6.45) is 0. The van der Waals surface area contributed by atoms with Crippen molar-refractivity contribution in [2.45, 2.75) is 13.8 Å². The highest BCUT2D eigenvalue weighted by atomic mass is 79.9. The van der Waals surface area contributed by atoms with Crippen LogP contribution in [-0.4, -0.2) is 19.7 Å². The SMILES string of the molecule is CCOC(=O)c1c(N)c(OC)cc(C)c1Br. The van der Waals surface area contributed by atoms with E-state index in [2.05, 4.69) is 15.9 Å². The number of methoxy groups -OCH3 is 1. The largest absolute Gasteiger partial charge is 0.495 e. The van der Waals surface area contributed by atoms with Gasteiger partial charge in [-0.2, -0.15) is 0 Å². The zero-order chi connectivity index (χ0) is 12.3. The fourth-order valence-corrected chi connectivity index (χ4v) is 1.84. The minimum atomic E-state index is -0.450. The second-order valence-electron chi connectivity index (χ2n) is 3.22. The summed E-state index contributed by atoms with van der Waals surface area (Å²) in [5.41, 5.74) is 7.32. The first-order chi connectivity index (χ1) is 7.52. The monoisotopic (exact) mass is 287 g/mol. The lowest BCUT2D eigenvalue weighted by atomic mass is 10.1. The number of aryl methyl sites for hydroxylation is 1. The van der Waals surface area contributed by atoms with Crippen LogP contribution in [0.25, 0.3) is 0 Å². The third-order valence-corrected chi connectivity index (χ3v) is 3.17. The molecule has 88 valence electrons. The number of ether oxygens (including phenoxy) is 2. The molecule has 0 aliphatic carbocycles. The van der Waals surface area contributed by atoms with Gasteiger partial charge in [0.05, 0.1) is 19.4 Å². The quantitative estimate of drug-likeness (QED) is 0.685. The van der Waals surface area contributed by atoms with Crippen LogP contribution < -0.4 is 10.5 Å². The van der Waals surface area contributed by atoms with Gasteiger partial charge in [-0.15, -0.1) is 0 Å². The van der Waals surface area contributed by atoms with E-state index in [1.54, 1.807) is 13.0 Å².